The van der Waals surface area contributed by atoms with Crippen molar-refractivity contribution in [1.82, 2.24) is 10.2 Å². The number of nitrogens with zero attached hydrogens (tertiary/aromatic N) is 1. The molecule has 1 atom stereocenters. The van der Waals surface area contributed by atoms with Gasteiger partial charge in [0.05, 0.1) is 5.75 Å². The van der Waals surface area contributed by atoms with E-state index >= 15 is 0 Å². The molecular weight excluding hydrogens is 463 g/mol. The van der Waals surface area contributed by atoms with Gasteiger partial charge in [-0.3, -0.25) is 9.59 Å². The topological polar surface area (TPSA) is 49.4 Å². The number of carbonyl (C=O) groups is 2. The van der Waals surface area contributed by atoms with Crippen LogP contribution in [0.5, 0.6) is 0 Å². The molecular formula is C25H32Cl2N2O2S. The van der Waals surface area contributed by atoms with E-state index in [1.807, 2.05) is 44.2 Å². The molecule has 0 bridgehead atoms. The summed E-state index contributed by atoms with van der Waals surface area (Å²) in [6.45, 7) is 9.06. The van der Waals surface area contributed by atoms with E-state index in [0.29, 0.717) is 41.2 Å². The fourth-order valence-electron chi connectivity index (χ4n) is 3.28. The molecule has 0 spiro atoms. The van der Waals surface area contributed by atoms with Crippen LogP contribution >= 0.6 is 35.0 Å². The van der Waals surface area contributed by atoms with Gasteiger partial charge < -0.3 is 10.2 Å². The maximum atomic E-state index is 13.3. The first-order valence-corrected chi connectivity index (χ1v) is 12.8. The van der Waals surface area contributed by atoms with Crippen LogP contribution in [0.15, 0.2) is 42.5 Å². The van der Waals surface area contributed by atoms with Crippen molar-refractivity contribution in [3.63, 3.8) is 0 Å². The molecule has 0 aromatic heterocycles. The third-order valence-corrected chi connectivity index (χ3v) is 6.72. The van der Waals surface area contributed by atoms with E-state index < -0.39 is 6.04 Å². The van der Waals surface area contributed by atoms with Gasteiger partial charge in [0.15, 0.2) is 0 Å². The Bertz CT molecular complexity index is 921. The summed E-state index contributed by atoms with van der Waals surface area (Å²) in [4.78, 5) is 27.9. The fourth-order valence-corrected chi connectivity index (χ4v) is 4.75. The third kappa shape index (κ3) is 8.02. The minimum atomic E-state index is -0.513. The molecule has 32 heavy (non-hydrogen) atoms. The SMILES string of the molecule is CCC(C(=O)NCC(C)C)N(Cc1ccccc1C)C(=O)CSCc1ccc(Cl)cc1Cl. The lowest BCUT2D eigenvalue weighted by molar-refractivity contribution is -0.139. The standard InChI is InChI=1S/C25H32Cl2N2O2S/c1-5-23(25(31)28-13-17(2)3)29(14-19-9-7-6-8-18(19)4)24(30)16-32-15-20-10-11-21(26)12-22(20)27/h6-12,17,23H,5,13-16H2,1-4H3,(H,28,31). The second-order valence-electron chi connectivity index (χ2n) is 8.24. The van der Waals surface area contributed by atoms with Crippen molar-refractivity contribution in [3.05, 3.63) is 69.2 Å². The Kier molecular flexibility index (Phi) is 10.9. The van der Waals surface area contributed by atoms with E-state index in [-0.39, 0.29) is 17.6 Å². The minimum absolute atomic E-state index is 0.0603. The summed E-state index contributed by atoms with van der Waals surface area (Å²) < 4.78 is 0. The van der Waals surface area contributed by atoms with Crippen LogP contribution in [0.4, 0.5) is 0 Å². The van der Waals surface area contributed by atoms with Crippen molar-refractivity contribution in [2.45, 2.75) is 52.5 Å². The Labute approximate surface area is 206 Å². The van der Waals surface area contributed by atoms with Gasteiger partial charge in [0.1, 0.15) is 6.04 Å². The van der Waals surface area contributed by atoms with Crippen molar-refractivity contribution in [2.75, 3.05) is 12.3 Å². The molecule has 2 amide bonds. The summed E-state index contributed by atoms with van der Waals surface area (Å²) in [5.41, 5.74) is 3.08. The van der Waals surface area contributed by atoms with E-state index in [4.69, 9.17) is 23.2 Å². The molecule has 0 aliphatic carbocycles. The molecule has 0 aliphatic rings. The highest BCUT2D eigenvalue weighted by atomic mass is 35.5. The first kappa shape index (κ1) is 26.6. The average Bonchev–Trinajstić information content (AvgIpc) is 2.74. The second-order valence-corrected chi connectivity index (χ2v) is 10.1. The zero-order valence-electron chi connectivity index (χ0n) is 19.2. The Morgan fingerprint density at radius 3 is 2.44 bits per heavy atom. The van der Waals surface area contributed by atoms with Crippen molar-refractivity contribution < 1.29 is 9.59 Å². The number of amides is 2. The second kappa shape index (κ2) is 13.1. The molecule has 0 saturated carbocycles. The highest BCUT2D eigenvalue weighted by Crippen LogP contribution is 2.25. The maximum absolute atomic E-state index is 13.3. The fraction of sp³-hybridized carbons (Fsp3) is 0.440. The molecule has 0 heterocycles. The number of nitrogens with one attached hydrogen (secondary N) is 1. The van der Waals surface area contributed by atoms with Gasteiger partial charge in [-0.05, 0) is 48.1 Å². The van der Waals surface area contributed by atoms with Crippen LogP contribution in [0.25, 0.3) is 0 Å². The molecule has 2 aromatic carbocycles. The number of halogens is 2. The summed E-state index contributed by atoms with van der Waals surface area (Å²) in [7, 11) is 0. The lowest BCUT2D eigenvalue weighted by Gasteiger charge is -2.31. The quantitative estimate of drug-likeness (QED) is 0.409. The summed E-state index contributed by atoms with van der Waals surface area (Å²) in [6, 6.07) is 12.8. The number of carbonyl (C=O) groups excluding carboxylic acids is 2. The number of benzene rings is 2. The summed E-state index contributed by atoms with van der Waals surface area (Å²) >= 11 is 13.7. The number of thioether (sulfide) groups is 1. The molecule has 0 aliphatic heterocycles. The summed E-state index contributed by atoms with van der Waals surface area (Å²) in [6.07, 6.45) is 0.551. The average molecular weight is 496 g/mol. The van der Waals surface area contributed by atoms with E-state index in [1.54, 1.807) is 17.0 Å². The highest BCUT2D eigenvalue weighted by molar-refractivity contribution is 7.99. The Morgan fingerprint density at radius 1 is 1.09 bits per heavy atom. The predicted molar refractivity (Wildman–Crippen MR) is 136 cm³/mol. The molecule has 1 unspecified atom stereocenters. The Balaban J connectivity index is 2.15. The summed E-state index contributed by atoms with van der Waals surface area (Å²) in [5.74, 6) is 1.04. The van der Waals surface area contributed by atoms with Gasteiger partial charge in [0, 0.05) is 28.9 Å². The molecule has 0 saturated heterocycles. The summed E-state index contributed by atoms with van der Waals surface area (Å²) in [5, 5.41) is 4.17. The van der Waals surface area contributed by atoms with E-state index in [1.165, 1.54) is 11.8 Å². The third-order valence-electron chi connectivity index (χ3n) is 5.17. The monoisotopic (exact) mass is 494 g/mol. The number of aryl methyl sites for hydroxylation is 1. The normalized spacial score (nSPS) is 12.0. The first-order chi connectivity index (χ1) is 15.2. The van der Waals surface area contributed by atoms with Crippen LogP contribution in [0, 0.1) is 12.8 Å². The maximum Gasteiger partial charge on any atom is 0.242 e. The molecule has 174 valence electrons. The van der Waals surface area contributed by atoms with Gasteiger partial charge in [0.2, 0.25) is 11.8 Å². The zero-order valence-corrected chi connectivity index (χ0v) is 21.5. The molecule has 2 aromatic rings. The van der Waals surface area contributed by atoms with Crippen LogP contribution in [-0.4, -0.2) is 35.1 Å². The van der Waals surface area contributed by atoms with Gasteiger partial charge in [0.25, 0.3) is 0 Å². The molecule has 4 nitrogen and oxygen atoms in total. The van der Waals surface area contributed by atoms with E-state index in [9.17, 15) is 9.59 Å². The molecule has 2 rings (SSSR count). The van der Waals surface area contributed by atoms with Crippen LogP contribution < -0.4 is 5.32 Å². The smallest absolute Gasteiger partial charge is 0.242 e. The van der Waals surface area contributed by atoms with Crippen LogP contribution in [0.1, 0.15) is 43.9 Å². The van der Waals surface area contributed by atoms with E-state index in [0.717, 1.165) is 16.7 Å². The van der Waals surface area contributed by atoms with Crippen LogP contribution in [0.2, 0.25) is 10.0 Å². The van der Waals surface area contributed by atoms with Gasteiger partial charge in [-0.2, -0.15) is 0 Å². The van der Waals surface area contributed by atoms with Crippen molar-refractivity contribution in [1.29, 1.82) is 0 Å². The number of rotatable bonds is 11. The van der Waals surface area contributed by atoms with Gasteiger partial charge in [-0.15, -0.1) is 11.8 Å². The van der Waals surface area contributed by atoms with Gasteiger partial charge in [-0.1, -0.05) is 74.3 Å². The predicted octanol–water partition coefficient (Wildman–Crippen LogP) is 6.11. The Morgan fingerprint density at radius 2 is 1.81 bits per heavy atom. The Hall–Kier alpha value is -1.69. The van der Waals surface area contributed by atoms with Gasteiger partial charge in [-0.25, -0.2) is 0 Å². The van der Waals surface area contributed by atoms with E-state index in [2.05, 4.69) is 19.2 Å². The van der Waals surface area contributed by atoms with Crippen molar-refractivity contribution in [3.8, 4) is 0 Å². The minimum Gasteiger partial charge on any atom is -0.354 e. The largest absolute Gasteiger partial charge is 0.354 e. The molecule has 7 heteroatoms. The molecule has 0 fully saturated rings. The van der Waals surface area contributed by atoms with Crippen LogP contribution in [0.3, 0.4) is 0 Å². The van der Waals surface area contributed by atoms with Crippen LogP contribution in [-0.2, 0) is 21.9 Å². The molecule has 0 radical (unpaired) electrons. The van der Waals surface area contributed by atoms with Crippen molar-refractivity contribution >= 4 is 46.8 Å². The number of hydrogen-bond acceptors (Lipinski definition) is 3. The lowest BCUT2D eigenvalue weighted by Crippen LogP contribution is -2.50. The first-order valence-electron chi connectivity index (χ1n) is 10.9. The highest BCUT2D eigenvalue weighted by Gasteiger charge is 2.28. The lowest BCUT2D eigenvalue weighted by atomic mass is 10.1. The molecule has 1 N–H and O–H groups in total. The zero-order chi connectivity index (χ0) is 23.7. The van der Waals surface area contributed by atoms with Gasteiger partial charge >= 0.3 is 0 Å². The number of hydrogen-bond donors (Lipinski definition) is 1. The van der Waals surface area contributed by atoms with Crippen molar-refractivity contribution in [2.24, 2.45) is 5.92 Å².